The van der Waals surface area contributed by atoms with E-state index in [0.29, 0.717) is 0 Å². The van der Waals surface area contributed by atoms with E-state index in [1.165, 1.54) is 27.6 Å². The van der Waals surface area contributed by atoms with Gasteiger partial charge in [-0.05, 0) is 43.8 Å². The van der Waals surface area contributed by atoms with Crippen LogP contribution in [0.15, 0.2) is 96.8 Å². The molecule has 1 nitrogen and oxygen atoms in total. The molecule has 3 rings (SSSR count). The van der Waals surface area contributed by atoms with Crippen LogP contribution in [0.25, 0.3) is 0 Å². The zero-order valence-electron chi connectivity index (χ0n) is 15.3. The van der Waals surface area contributed by atoms with E-state index < -0.39 is 0 Å². The monoisotopic (exact) mass is 325 g/mol. The Morgan fingerprint density at radius 2 is 1.68 bits per heavy atom. The summed E-state index contributed by atoms with van der Waals surface area (Å²) in [6.07, 6.45) is 6.06. The number of para-hydroxylation sites is 1. The second kappa shape index (κ2) is 7.02. The van der Waals surface area contributed by atoms with E-state index in [1.807, 2.05) is 12.2 Å². The average Bonchev–Trinajstić information content (AvgIpc) is 2.61. The van der Waals surface area contributed by atoms with Crippen molar-refractivity contribution < 1.29 is 0 Å². The minimum Gasteiger partial charge on any atom is -0.316 e. The second-order valence-corrected chi connectivity index (χ2v) is 6.42. The third kappa shape index (κ3) is 2.89. The normalized spacial score (nSPS) is 16.2. The van der Waals surface area contributed by atoms with Gasteiger partial charge >= 0.3 is 0 Å². The molecule has 0 atom stereocenters. The third-order valence-corrected chi connectivity index (χ3v) is 4.93. The van der Waals surface area contributed by atoms with Crippen molar-refractivity contribution in [1.82, 2.24) is 0 Å². The Hall–Kier alpha value is -2.74. The SMILES string of the molecule is C=C/C=C(\C)N1C(=C)/C(=C\C)B(c2ccccc2C)c2ccccc21. The summed E-state index contributed by atoms with van der Waals surface area (Å²) in [7, 11) is 0. The van der Waals surface area contributed by atoms with Crippen molar-refractivity contribution in [3.8, 4) is 0 Å². The van der Waals surface area contributed by atoms with Crippen LogP contribution in [0, 0.1) is 6.92 Å². The molecule has 0 unspecified atom stereocenters. The Labute approximate surface area is 151 Å². The van der Waals surface area contributed by atoms with Crippen LogP contribution in [0.3, 0.4) is 0 Å². The van der Waals surface area contributed by atoms with Crippen molar-refractivity contribution in [1.29, 1.82) is 0 Å². The van der Waals surface area contributed by atoms with Crippen LogP contribution in [0.4, 0.5) is 5.69 Å². The van der Waals surface area contributed by atoms with Gasteiger partial charge in [-0.2, -0.15) is 0 Å². The largest absolute Gasteiger partial charge is 0.316 e. The molecule has 2 aromatic carbocycles. The molecule has 0 aliphatic carbocycles. The highest BCUT2D eigenvalue weighted by Gasteiger charge is 2.36. The highest BCUT2D eigenvalue weighted by molar-refractivity contribution is 6.93. The van der Waals surface area contributed by atoms with Crippen LogP contribution in [-0.2, 0) is 0 Å². The van der Waals surface area contributed by atoms with Crippen LogP contribution in [0.5, 0.6) is 0 Å². The number of hydrogen-bond donors (Lipinski definition) is 0. The van der Waals surface area contributed by atoms with Crippen molar-refractivity contribution >= 4 is 23.3 Å². The Balaban J connectivity index is 2.29. The van der Waals surface area contributed by atoms with E-state index in [-0.39, 0.29) is 6.71 Å². The van der Waals surface area contributed by atoms with Gasteiger partial charge in [-0.15, -0.1) is 0 Å². The Morgan fingerprint density at radius 1 is 1.04 bits per heavy atom. The lowest BCUT2D eigenvalue weighted by molar-refractivity contribution is 1.09. The first-order valence-corrected chi connectivity index (χ1v) is 8.69. The number of nitrogens with zero attached hydrogens (tertiary/aromatic N) is 1. The van der Waals surface area contributed by atoms with Crippen molar-refractivity contribution in [2.75, 3.05) is 4.90 Å². The number of fused-ring (bicyclic) bond motifs is 1. The third-order valence-electron chi connectivity index (χ3n) is 4.93. The fraction of sp³-hybridized carbons (Fsp3) is 0.130. The molecule has 1 aliphatic rings. The zero-order chi connectivity index (χ0) is 18.0. The summed E-state index contributed by atoms with van der Waals surface area (Å²) in [5, 5.41) is 0. The maximum atomic E-state index is 4.44. The van der Waals surface area contributed by atoms with E-state index in [2.05, 4.69) is 93.4 Å². The molecule has 0 spiro atoms. The van der Waals surface area contributed by atoms with Crippen molar-refractivity contribution in [2.24, 2.45) is 0 Å². The van der Waals surface area contributed by atoms with Gasteiger partial charge in [0.1, 0.15) is 0 Å². The van der Waals surface area contributed by atoms with E-state index in [1.54, 1.807) is 0 Å². The number of aryl methyl sites for hydroxylation is 1. The molecule has 2 heteroatoms. The Bertz CT molecular complexity index is 888. The first kappa shape index (κ1) is 17.1. The minimum absolute atomic E-state index is 0.211. The van der Waals surface area contributed by atoms with Crippen molar-refractivity contribution in [3.05, 3.63) is 102 Å². The molecule has 0 saturated heterocycles. The predicted molar refractivity (Wildman–Crippen MR) is 112 cm³/mol. The summed E-state index contributed by atoms with van der Waals surface area (Å²) in [5.41, 5.74) is 8.57. The molecule has 1 aliphatic heterocycles. The fourth-order valence-electron chi connectivity index (χ4n) is 3.77. The minimum atomic E-state index is 0.211. The standard InChI is InChI=1S/C23H24BN/c1-6-12-18(4)25-19(5)20(7-2)24(21-14-9-8-13-17(21)3)22-15-10-11-16-23(22)25/h6-16H,1,5H2,2-4H3/b18-12+,20-7+. The molecular formula is C23H24BN. The molecule has 25 heavy (non-hydrogen) atoms. The number of allylic oxidation sites excluding steroid dienone is 5. The quantitative estimate of drug-likeness (QED) is 0.593. The molecule has 1 heterocycles. The predicted octanol–water partition coefficient (Wildman–Crippen LogP) is 4.51. The number of anilines is 1. The van der Waals surface area contributed by atoms with Gasteiger partial charge in [0.05, 0.1) is 0 Å². The van der Waals surface area contributed by atoms with Crippen LogP contribution >= 0.6 is 0 Å². The van der Waals surface area contributed by atoms with Gasteiger partial charge in [-0.1, -0.05) is 78.8 Å². The van der Waals surface area contributed by atoms with Crippen LogP contribution < -0.4 is 15.8 Å². The van der Waals surface area contributed by atoms with E-state index in [9.17, 15) is 0 Å². The van der Waals surface area contributed by atoms with Gasteiger partial charge in [-0.3, -0.25) is 0 Å². The highest BCUT2D eigenvalue weighted by Crippen LogP contribution is 2.33. The van der Waals surface area contributed by atoms with Gasteiger partial charge in [0.15, 0.2) is 0 Å². The Morgan fingerprint density at radius 3 is 2.32 bits per heavy atom. The maximum absolute atomic E-state index is 4.44. The van der Waals surface area contributed by atoms with Crippen molar-refractivity contribution in [2.45, 2.75) is 20.8 Å². The molecule has 124 valence electrons. The summed E-state index contributed by atoms with van der Waals surface area (Å²) in [5.74, 6) is 0. The van der Waals surface area contributed by atoms with E-state index in [4.69, 9.17) is 0 Å². The van der Waals surface area contributed by atoms with Gasteiger partial charge in [0.2, 0.25) is 6.71 Å². The van der Waals surface area contributed by atoms with Crippen LogP contribution in [-0.4, -0.2) is 6.71 Å². The molecule has 0 bridgehead atoms. The number of hydrogen-bond acceptors (Lipinski definition) is 1. The number of benzene rings is 2. The molecule has 0 radical (unpaired) electrons. The molecule has 0 saturated carbocycles. The highest BCUT2D eigenvalue weighted by atomic mass is 15.2. The second-order valence-electron chi connectivity index (χ2n) is 6.42. The molecule has 0 aromatic heterocycles. The molecule has 0 fully saturated rings. The van der Waals surface area contributed by atoms with Crippen LogP contribution in [0.2, 0.25) is 0 Å². The Kier molecular flexibility index (Phi) is 4.80. The summed E-state index contributed by atoms with van der Waals surface area (Å²) >= 11 is 0. The summed E-state index contributed by atoms with van der Waals surface area (Å²) in [4.78, 5) is 2.24. The van der Waals surface area contributed by atoms with Crippen LogP contribution in [0.1, 0.15) is 19.4 Å². The number of rotatable bonds is 3. The summed E-state index contributed by atoms with van der Waals surface area (Å²) in [6.45, 7) is 14.9. The van der Waals surface area contributed by atoms with Gasteiger partial charge < -0.3 is 4.90 Å². The van der Waals surface area contributed by atoms with Gasteiger partial charge in [-0.25, -0.2) is 0 Å². The lowest BCUT2D eigenvalue weighted by Gasteiger charge is -2.39. The van der Waals surface area contributed by atoms with E-state index >= 15 is 0 Å². The van der Waals surface area contributed by atoms with Gasteiger partial charge in [0, 0.05) is 17.1 Å². The average molecular weight is 325 g/mol. The van der Waals surface area contributed by atoms with Crippen molar-refractivity contribution in [3.63, 3.8) is 0 Å². The smallest absolute Gasteiger partial charge is 0.246 e. The lowest BCUT2D eigenvalue weighted by Crippen LogP contribution is -2.52. The molecular weight excluding hydrogens is 301 g/mol. The first-order chi connectivity index (χ1) is 12.1. The first-order valence-electron chi connectivity index (χ1n) is 8.69. The topological polar surface area (TPSA) is 3.24 Å². The summed E-state index contributed by atoms with van der Waals surface area (Å²) < 4.78 is 0. The molecule has 2 aromatic rings. The molecule has 0 N–H and O–H groups in total. The fourth-order valence-corrected chi connectivity index (χ4v) is 3.77. The summed E-state index contributed by atoms with van der Waals surface area (Å²) in [6, 6.07) is 17.3. The van der Waals surface area contributed by atoms with E-state index in [0.717, 1.165) is 11.4 Å². The molecule has 0 amide bonds. The lowest BCUT2D eigenvalue weighted by atomic mass is 9.33. The zero-order valence-corrected chi connectivity index (χ0v) is 15.3. The maximum Gasteiger partial charge on any atom is 0.246 e. The van der Waals surface area contributed by atoms with Gasteiger partial charge in [0.25, 0.3) is 0 Å².